The molecule has 0 saturated heterocycles. The lowest BCUT2D eigenvalue weighted by Gasteiger charge is -2.18. The van der Waals surface area contributed by atoms with E-state index in [4.69, 9.17) is 16.9 Å². The van der Waals surface area contributed by atoms with Gasteiger partial charge < -0.3 is 10.6 Å². The number of hydrogen-bond acceptors (Lipinski definition) is 7. The Labute approximate surface area is 200 Å². The summed E-state index contributed by atoms with van der Waals surface area (Å²) in [5, 5.41) is 26.0. The van der Waals surface area contributed by atoms with Gasteiger partial charge in [0.05, 0.1) is 33.4 Å². The molecule has 11 heteroatoms. The molecule has 3 rings (SSSR count). The molecule has 1 aromatic carbocycles. The number of hydrogen-bond donors (Lipinski definition) is 2. The summed E-state index contributed by atoms with van der Waals surface area (Å²) in [6.07, 6.45) is 1.40. The molecule has 2 N–H and O–H groups in total. The standard InChI is InChI=1S/C23H21ClN6O4/c1-14(2)28-20-9-19(24)22(16-4-3-5-18(8-16)30(33)34)29(23(20)32)13-21(31)27-12-17-7-6-15(10-25)11-26-17/h3-9,11,14,28H,12-13H2,1-2H3,(H,27,31). The highest BCUT2D eigenvalue weighted by molar-refractivity contribution is 6.33. The van der Waals surface area contributed by atoms with Gasteiger partial charge in [-0.25, -0.2) is 0 Å². The van der Waals surface area contributed by atoms with Crippen LogP contribution in [0.15, 0.2) is 53.5 Å². The number of rotatable bonds is 8. The summed E-state index contributed by atoms with van der Waals surface area (Å²) in [7, 11) is 0. The fourth-order valence-corrected chi connectivity index (χ4v) is 3.56. The Kier molecular flexibility index (Phi) is 7.60. The number of carbonyl (C=O) groups is 1. The molecule has 0 atom stereocenters. The highest BCUT2D eigenvalue weighted by atomic mass is 35.5. The molecule has 3 aromatic rings. The van der Waals surface area contributed by atoms with Crippen LogP contribution in [0.5, 0.6) is 0 Å². The Morgan fingerprint density at radius 1 is 1.29 bits per heavy atom. The molecule has 2 heterocycles. The number of non-ortho nitro benzene ring substituents is 1. The van der Waals surface area contributed by atoms with Crippen LogP contribution >= 0.6 is 11.6 Å². The second-order valence-corrected chi connectivity index (χ2v) is 8.09. The van der Waals surface area contributed by atoms with Gasteiger partial charge >= 0.3 is 0 Å². The van der Waals surface area contributed by atoms with Crippen molar-refractivity contribution in [2.45, 2.75) is 33.0 Å². The molecule has 0 bridgehead atoms. The van der Waals surface area contributed by atoms with Crippen molar-refractivity contribution in [2.24, 2.45) is 0 Å². The molecule has 1 amide bonds. The Morgan fingerprint density at radius 2 is 2.06 bits per heavy atom. The minimum atomic E-state index is -0.550. The summed E-state index contributed by atoms with van der Waals surface area (Å²) >= 11 is 6.50. The monoisotopic (exact) mass is 480 g/mol. The van der Waals surface area contributed by atoms with Crippen LogP contribution in [0.25, 0.3) is 11.3 Å². The molecule has 0 aliphatic rings. The van der Waals surface area contributed by atoms with Gasteiger partial charge in [-0.15, -0.1) is 0 Å². The molecule has 10 nitrogen and oxygen atoms in total. The van der Waals surface area contributed by atoms with Crippen LogP contribution in [0.3, 0.4) is 0 Å². The van der Waals surface area contributed by atoms with Crippen molar-refractivity contribution in [1.82, 2.24) is 14.9 Å². The predicted octanol–water partition coefficient (Wildman–Crippen LogP) is 3.48. The average molecular weight is 481 g/mol. The fraction of sp³-hybridized carbons (Fsp3) is 0.217. The van der Waals surface area contributed by atoms with Crippen LogP contribution in [0, 0.1) is 21.4 Å². The molecule has 0 spiro atoms. The van der Waals surface area contributed by atoms with E-state index in [1.165, 1.54) is 35.0 Å². The van der Waals surface area contributed by atoms with Crippen molar-refractivity contribution >= 4 is 28.9 Å². The zero-order valence-electron chi connectivity index (χ0n) is 18.4. The van der Waals surface area contributed by atoms with Gasteiger partial charge in [0.15, 0.2) is 0 Å². The SMILES string of the molecule is CC(C)Nc1cc(Cl)c(-c2cccc([N+](=O)[O-])c2)n(CC(=O)NCc2ccc(C#N)cn2)c1=O. The maximum absolute atomic E-state index is 13.2. The van der Waals surface area contributed by atoms with Gasteiger partial charge in [0, 0.05) is 29.9 Å². The second kappa shape index (κ2) is 10.6. The molecular weight excluding hydrogens is 460 g/mol. The van der Waals surface area contributed by atoms with Gasteiger partial charge in [-0.1, -0.05) is 23.7 Å². The van der Waals surface area contributed by atoms with Gasteiger partial charge in [0.2, 0.25) is 5.91 Å². The van der Waals surface area contributed by atoms with Gasteiger partial charge in [-0.05, 0) is 32.0 Å². The molecule has 0 aliphatic carbocycles. The zero-order valence-corrected chi connectivity index (χ0v) is 19.2. The van der Waals surface area contributed by atoms with Crippen LogP contribution in [0.4, 0.5) is 11.4 Å². The molecule has 0 saturated carbocycles. The van der Waals surface area contributed by atoms with E-state index in [1.54, 1.807) is 18.2 Å². The lowest BCUT2D eigenvalue weighted by molar-refractivity contribution is -0.384. The van der Waals surface area contributed by atoms with Crippen molar-refractivity contribution in [2.75, 3.05) is 5.32 Å². The van der Waals surface area contributed by atoms with Gasteiger partial charge in [0.1, 0.15) is 18.3 Å². The van der Waals surface area contributed by atoms with Crippen molar-refractivity contribution < 1.29 is 9.72 Å². The van der Waals surface area contributed by atoms with E-state index < -0.39 is 16.4 Å². The third-order valence-electron chi connectivity index (χ3n) is 4.74. The highest BCUT2D eigenvalue weighted by Gasteiger charge is 2.20. The second-order valence-electron chi connectivity index (χ2n) is 7.68. The molecule has 0 unspecified atom stereocenters. The average Bonchev–Trinajstić information content (AvgIpc) is 2.81. The lowest BCUT2D eigenvalue weighted by Crippen LogP contribution is -2.34. The van der Waals surface area contributed by atoms with Crippen LogP contribution in [-0.4, -0.2) is 26.4 Å². The third-order valence-corrected chi connectivity index (χ3v) is 5.03. The minimum absolute atomic E-state index is 0.0721. The normalized spacial score (nSPS) is 10.6. The summed E-state index contributed by atoms with van der Waals surface area (Å²) in [6, 6.07) is 12.2. The first-order valence-electron chi connectivity index (χ1n) is 10.3. The quantitative estimate of drug-likeness (QED) is 0.371. The van der Waals surface area contributed by atoms with Crippen molar-refractivity contribution in [3.05, 3.63) is 85.4 Å². The van der Waals surface area contributed by atoms with Crippen LogP contribution in [-0.2, 0) is 17.9 Å². The summed E-state index contributed by atoms with van der Waals surface area (Å²) in [5.41, 5.74) is 0.986. The minimum Gasteiger partial charge on any atom is -0.378 e. The Bertz CT molecular complexity index is 1330. The number of anilines is 1. The summed E-state index contributed by atoms with van der Waals surface area (Å²) in [4.78, 5) is 40.8. The van der Waals surface area contributed by atoms with Gasteiger partial charge in [0.25, 0.3) is 11.2 Å². The van der Waals surface area contributed by atoms with Crippen LogP contribution < -0.4 is 16.2 Å². The van der Waals surface area contributed by atoms with Gasteiger partial charge in [-0.3, -0.25) is 29.3 Å². The molecule has 34 heavy (non-hydrogen) atoms. The Hall–Kier alpha value is -4.23. The number of aromatic nitrogens is 2. The third kappa shape index (κ3) is 5.76. The number of amides is 1. The van der Waals surface area contributed by atoms with E-state index in [-0.39, 0.29) is 41.2 Å². The summed E-state index contributed by atoms with van der Waals surface area (Å²) in [6.45, 7) is 3.41. The van der Waals surface area contributed by atoms with E-state index in [2.05, 4.69) is 15.6 Å². The predicted molar refractivity (Wildman–Crippen MR) is 127 cm³/mol. The Morgan fingerprint density at radius 3 is 2.68 bits per heavy atom. The number of benzene rings is 1. The number of nitriles is 1. The first-order valence-corrected chi connectivity index (χ1v) is 10.6. The maximum atomic E-state index is 13.2. The van der Waals surface area contributed by atoms with Crippen molar-refractivity contribution in [3.63, 3.8) is 0 Å². The largest absolute Gasteiger partial charge is 0.378 e. The Balaban J connectivity index is 1.97. The van der Waals surface area contributed by atoms with Crippen LogP contribution in [0.2, 0.25) is 5.02 Å². The summed E-state index contributed by atoms with van der Waals surface area (Å²) < 4.78 is 1.19. The highest BCUT2D eigenvalue weighted by Crippen LogP contribution is 2.31. The molecule has 0 fully saturated rings. The van der Waals surface area contributed by atoms with Gasteiger partial charge in [-0.2, -0.15) is 5.26 Å². The van der Waals surface area contributed by atoms with E-state index >= 15 is 0 Å². The number of nitrogens with one attached hydrogen (secondary N) is 2. The first-order chi connectivity index (χ1) is 16.2. The van der Waals surface area contributed by atoms with Crippen molar-refractivity contribution in [3.8, 4) is 17.3 Å². The molecule has 2 aromatic heterocycles. The lowest BCUT2D eigenvalue weighted by atomic mass is 10.1. The smallest absolute Gasteiger partial charge is 0.274 e. The molecular formula is C23H21ClN6O4. The van der Waals surface area contributed by atoms with Crippen LogP contribution in [0.1, 0.15) is 25.1 Å². The van der Waals surface area contributed by atoms with E-state index in [9.17, 15) is 19.7 Å². The zero-order chi connectivity index (χ0) is 24.8. The molecule has 174 valence electrons. The van der Waals surface area contributed by atoms with Crippen molar-refractivity contribution in [1.29, 1.82) is 5.26 Å². The fourth-order valence-electron chi connectivity index (χ4n) is 3.24. The van der Waals surface area contributed by atoms with E-state index in [0.717, 1.165) is 0 Å². The number of pyridine rings is 2. The first kappa shape index (κ1) is 24.4. The van der Waals surface area contributed by atoms with E-state index in [1.807, 2.05) is 19.9 Å². The summed E-state index contributed by atoms with van der Waals surface area (Å²) in [5.74, 6) is -0.488. The number of nitrogens with zero attached hydrogens (tertiary/aromatic N) is 4. The van der Waals surface area contributed by atoms with E-state index in [0.29, 0.717) is 16.8 Å². The number of halogens is 1. The molecule has 0 radical (unpaired) electrons. The molecule has 0 aliphatic heterocycles. The number of nitro benzene ring substituents is 1. The topological polar surface area (TPSA) is 143 Å². The maximum Gasteiger partial charge on any atom is 0.274 e. The number of nitro groups is 1. The number of carbonyl (C=O) groups excluding carboxylic acids is 1.